The number of aryl methyl sites for hydroxylation is 2. The average molecular weight is 194 g/mol. The van der Waals surface area contributed by atoms with Crippen molar-refractivity contribution in [3.63, 3.8) is 0 Å². The summed E-state index contributed by atoms with van der Waals surface area (Å²) in [5, 5.41) is 7.08. The number of nitrogens with zero attached hydrogens (tertiary/aromatic N) is 2. The maximum atomic E-state index is 7.08. The first kappa shape index (κ1) is 10.8. The van der Waals surface area contributed by atoms with Gasteiger partial charge in [0, 0.05) is 31.8 Å². The Labute approximate surface area is 84.7 Å². The minimum atomic E-state index is 0.284. The number of nitrogens with one attached hydrogen (secondary N) is 1. The Bertz CT molecular complexity index is 290. The van der Waals surface area contributed by atoms with Crippen molar-refractivity contribution < 1.29 is 0 Å². The molecule has 1 aromatic rings. The van der Waals surface area contributed by atoms with Crippen LogP contribution in [0.4, 0.5) is 0 Å². The third kappa shape index (κ3) is 3.20. The summed E-state index contributed by atoms with van der Waals surface area (Å²) in [4.78, 5) is 4.24. The molecule has 1 rings (SSSR count). The Morgan fingerprint density at radius 2 is 2.36 bits per heavy atom. The highest BCUT2D eigenvalue weighted by atomic mass is 15.1. The van der Waals surface area contributed by atoms with Crippen LogP contribution in [-0.4, -0.2) is 15.4 Å². The zero-order valence-electron chi connectivity index (χ0n) is 8.66. The smallest absolute Gasteiger partial charge is 0.108 e. The lowest BCUT2D eigenvalue weighted by Gasteiger charge is -2.05. The monoisotopic (exact) mass is 194 g/mol. The molecule has 0 radical (unpaired) electrons. The lowest BCUT2D eigenvalue weighted by Crippen LogP contribution is -2.09. The highest BCUT2D eigenvalue weighted by molar-refractivity contribution is 5.76. The van der Waals surface area contributed by atoms with E-state index < -0.39 is 0 Å². The Kier molecular flexibility index (Phi) is 4.16. The van der Waals surface area contributed by atoms with Crippen molar-refractivity contribution in [1.82, 2.24) is 9.55 Å². The largest absolute Gasteiger partial charge is 0.388 e. The van der Waals surface area contributed by atoms with Crippen molar-refractivity contribution in [1.29, 1.82) is 5.41 Å². The van der Waals surface area contributed by atoms with Crippen LogP contribution in [0.1, 0.15) is 32.0 Å². The van der Waals surface area contributed by atoms with E-state index in [0.29, 0.717) is 6.42 Å². The Morgan fingerprint density at radius 1 is 1.57 bits per heavy atom. The highest BCUT2D eigenvalue weighted by Crippen LogP contribution is 2.03. The van der Waals surface area contributed by atoms with Gasteiger partial charge in [0.15, 0.2) is 0 Å². The predicted octanol–water partition coefficient (Wildman–Crippen LogP) is 1.55. The molecule has 1 aromatic heterocycles. The molecule has 0 amide bonds. The molecule has 0 atom stereocenters. The molecular weight excluding hydrogens is 176 g/mol. The summed E-state index contributed by atoms with van der Waals surface area (Å²) >= 11 is 0. The first-order chi connectivity index (χ1) is 6.74. The minimum absolute atomic E-state index is 0.284. The van der Waals surface area contributed by atoms with E-state index in [1.54, 1.807) is 0 Å². The van der Waals surface area contributed by atoms with Gasteiger partial charge in [-0.05, 0) is 12.8 Å². The second-order valence-corrected chi connectivity index (χ2v) is 3.37. The van der Waals surface area contributed by atoms with Crippen LogP contribution < -0.4 is 5.73 Å². The van der Waals surface area contributed by atoms with Crippen LogP contribution in [0.2, 0.25) is 0 Å². The van der Waals surface area contributed by atoms with Gasteiger partial charge in [-0.15, -0.1) is 0 Å². The van der Waals surface area contributed by atoms with E-state index in [2.05, 4.69) is 16.5 Å². The van der Waals surface area contributed by atoms with Crippen LogP contribution in [0.25, 0.3) is 0 Å². The summed E-state index contributed by atoms with van der Waals surface area (Å²) in [6.07, 6.45) is 7.56. The summed E-state index contributed by atoms with van der Waals surface area (Å²) in [5.41, 5.74) is 5.27. The second kappa shape index (κ2) is 5.42. The van der Waals surface area contributed by atoms with Gasteiger partial charge in [-0.2, -0.15) is 0 Å². The molecule has 1 heterocycles. The van der Waals surface area contributed by atoms with Gasteiger partial charge in [-0.3, -0.25) is 5.41 Å². The number of unbranched alkanes of at least 4 members (excludes halogenated alkanes) is 1. The van der Waals surface area contributed by atoms with Gasteiger partial charge in [0.2, 0.25) is 0 Å². The fourth-order valence-electron chi connectivity index (χ4n) is 1.46. The zero-order chi connectivity index (χ0) is 10.4. The van der Waals surface area contributed by atoms with E-state index in [0.717, 1.165) is 31.6 Å². The van der Waals surface area contributed by atoms with Gasteiger partial charge in [0.25, 0.3) is 0 Å². The van der Waals surface area contributed by atoms with E-state index in [1.165, 1.54) is 0 Å². The van der Waals surface area contributed by atoms with Gasteiger partial charge in [-0.25, -0.2) is 4.98 Å². The molecule has 0 spiro atoms. The Morgan fingerprint density at radius 3 is 3.00 bits per heavy atom. The van der Waals surface area contributed by atoms with E-state index in [-0.39, 0.29) is 5.84 Å². The average Bonchev–Trinajstić information content (AvgIpc) is 2.59. The highest BCUT2D eigenvalue weighted by Gasteiger charge is 1.99. The second-order valence-electron chi connectivity index (χ2n) is 3.37. The first-order valence-electron chi connectivity index (χ1n) is 5.07. The molecule has 0 aliphatic carbocycles. The summed E-state index contributed by atoms with van der Waals surface area (Å²) in [7, 11) is 0. The number of amidine groups is 1. The number of rotatable bonds is 6. The molecule has 14 heavy (non-hydrogen) atoms. The van der Waals surface area contributed by atoms with Crippen molar-refractivity contribution in [3.8, 4) is 0 Å². The molecule has 0 saturated heterocycles. The van der Waals surface area contributed by atoms with Crippen LogP contribution in [-0.2, 0) is 13.0 Å². The quantitative estimate of drug-likeness (QED) is 0.410. The van der Waals surface area contributed by atoms with Crippen molar-refractivity contribution in [2.75, 3.05) is 0 Å². The van der Waals surface area contributed by atoms with E-state index in [9.17, 15) is 0 Å². The maximum Gasteiger partial charge on any atom is 0.108 e. The van der Waals surface area contributed by atoms with Gasteiger partial charge < -0.3 is 10.3 Å². The normalized spacial score (nSPS) is 10.4. The number of imidazole rings is 1. The molecule has 0 fully saturated rings. The lowest BCUT2D eigenvalue weighted by atomic mass is 10.2. The molecule has 0 aliphatic heterocycles. The summed E-state index contributed by atoms with van der Waals surface area (Å²) in [5.74, 6) is 1.42. The van der Waals surface area contributed by atoms with Crippen LogP contribution in [0.5, 0.6) is 0 Å². The van der Waals surface area contributed by atoms with Crippen LogP contribution in [0.3, 0.4) is 0 Å². The molecule has 0 aromatic carbocycles. The predicted molar refractivity (Wildman–Crippen MR) is 57.4 cm³/mol. The van der Waals surface area contributed by atoms with Crippen molar-refractivity contribution in [2.24, 2.45) is 5.73 Å². The first-order valence-corrected chi connectivity index (χ1v) is 5.07. The third-order valence-corrected chi connectivity index (χ3v) is 2.21. The fourth-order valence-corrected chi connectivity index (χ4v) is 1.46. The summed E-state index contributed by atoms with van der Waals surface area (Å²) in [6.45, 7) is 3.09. The van der Waals surface area contributed by atoms with Crippen molar-refractivity contribution in [2.45, 2.75) is 39.2 Å². The Balaban J connectivity index is 2.27. The summed E-state index contributed by atoms with van der Waals surface area (Å²) < 4.78 is 2.17. The molecule has 0 aliphatic rings. The van der Waals surface area contributed by atoms with E-state index in [4.69, 9.17) is 11.1 Å². The maximum absolute atomic E-state index is 7.08. The van der Waals surface area contributed by atoms with E-state index in [1.807, 2.05) is 12.4 Å². The standard InChI is InChI=1S/C10H18N4/c1-2-10-13-6-8-14(10)7-4-3-5-9(11)12/h6,8H,2-5,7H2,1H3,(H3,11,12). The number of hydrogen-bond acceptors (Lipinski definition) is 2. The SMILES string of the molecule is CCc1nccn1CCCCC(=N)N. The van der Waals surface area contributed by atoms with Gasteiger partial charge in [-0.1, -0.05) is 6.92 Å². The molecular formula is C10H18N4. The minimum Gasteiger partial charge on any atom is -0.388 e. The van der Waals surface area contributed by atoms with Gasteiger partial charge in [0.1, 0.15) is 5.82 Å². The molecule has 0 unspecified atom stereocenters. The van der Waals surface area contributed by atoms with Crippen LogP contribution in [0, 0.1) is 5.41 Å². The van der Waals surface area contributed by atoms with Gasteiger partial charge >= 0.3 is 0 Å². The fraction of sp³-hybridized carbons (Fsp3) is 0.600. The zero-order valence-corrected chi connectivity index (χ0v) is 8.66. The summed E-state index contributed by atoms with van der Waals surface area (Å²) in [6, 6.07) is 0. The van der Waals surface area contributed by atoms with E-state index >= 15 is 0 Å². The number of aromatic nitrogens is 2. The molecule has 4 nitrogen and oxygen atoms in total. The lowest BCUT2D eigenvalue weighted by molar-refractivity contribution is 0.595. The molecule has 3 N–H and O–H groups in total. The molecule has 0 bridgehead atoms. The third-order valence-electron chi connectivity index (χ3n) is 2.21. The number of nitrogens with two attached hydrogens (primary N) is 1. The molecule has 78 valence electrons. The van der Waals surface area contributed by atoms with Crippen LogP contribution in [0.15, 0.2) is 12.4 Å². The van der Waals surface area contributed by atoms with Crippen molar-refractivity contribution in [3.05, 3.63) is 18.2 Å². The molecule has 0 saturated carbocycles. The van der Waals surface area contributed by atoms with Crippen LogP contribution >= 0.6 is 0 Å². The van der Waals surface area contributed by atoms with Gasteiger partial charge in [0.05, 0.1) is 5.84 Å². The Hall–Kier alpha value is -1.32. The molecule has 4 heteroatoms. The topological polar surface area (TPSA) is 67.7 Å². The van der Waals surface area contributed by atoms with Crippen molar-refractivity contribution >= 4 is 5.84 Å². The number of hydrogen-bond donors (Lipinski definition) is 2.